The van der Waals surface area contributed by atoms with Gasteiger partial charge in [0.15, 0.2) is 34.9 Å². The van der Waals surface area contributed by atoms with E-state index in [2.05, 4.69) is 157 Å². The van der Waals surface area contributed by atoms with Crippen LogP contribution in [-0.2, 0) is 42.7 Å². The van der Waals surface area contributed by atoms with Crippen LogP contribution in [0.4, 0.5) is 24.0 Å². The van der Waals surface area contributed by atoms with Crippen LogP contribution >= 0.6 is 79.6 Å². The quantitative estimate of drug-likeness (QED) is 0.0147. The minimum Gasteiger partial charge on any atom is -0.466 e. The van der Waals surface area contributed by atoms with E-state index in [1.54, 1.807) is 90.1 Å². The van der Waals surface area contributed by atoms with Crippen LogP contribution in [0.25, 0.3) is 0 Å². The van der Waals surface area contributed by atoms with Gasteiger partial charge in [-0.2, -0.15) is 0 Å². The fourth-order valence-electron chi connectivity index (χ4n) is 23.8. The summed E-state index contributed by atoms with van der Waals surface area (Å²) in [5.74, 6) is -1.03. The number of urea groups is 5. The van der Waals surface area contributed by atoms with Gasteiger partial charge in [0.05, 0.1) is 90.0 Å². The Morgan fingerprint density at radius 3 is 0.919 bits per heavy atom. The number of carbonyl (C=O) groups excluding carboxylic acids is 13. The number of aliphatic hydroxyl groups is 1. The molecule has 17 amide bonds. The SMILES string of the molecule is CC(=O)NCCCCO[C@@]12C[C@@H]3[C@@H](NC(=O)c4ccc(Br)n43)[C@@H]1NC(=O)N2C.CCCCCO[C@@]12C[C@@H]3[C@@H](NC(=O)c4ccc(Br)n43)[C@@H]1NC(=O)N2C.CCCCO[C@@]12C[C@@H]3[C@@H](NC(=O)c4ccc(Br)n43)[C@@H]1NC(=O)N2C.CCCOC(=O)CCCCO[C@@]12C[C@@H]3[C@@H](NC(=O)c4ccc(Br)n43)[C@@H]1NC(=O)N2C.CN1C(=O)N[C@H]2[C@@H]3NC(=O)c4ccc(Br)n4[C@@H]3C[C@]21OCCCCNC(=O)c1ccccc1.N.N.OC1CCCO1. The number of ether oxygens (including phenoxy) is 7. The number of rotatable bonds is 30. The number of aromatic nitrogens is 5. The fraction of sp³-hybridized carbons (Fsp3) is 0.602. The summed E-state index contributed by atoms with van der Waals surface area (Å²) in [4.78, 5) is 167. The number of amides is 17. The Hall–Kier alpha value is -10.2. The van der Waals surface area contributed by atoms with Gasteiger partial charge in [-0.25, -0.2) is 24.0 Å². The molecule has 19 N–H and O–H groups in total. The highest BCUT2D eigenvalue weighted by atomic mass is 79.9. The zero-order valence-corrected chi connectivity index (χ0v) is 92.2. The second-order valence-electron chi connectivity index (χ2n) is 39.5. The number of halogens is 5. The van der Waals surface area contributed by atoms with Gasteiger partial charge in [0.2, 0.25) is 5.91 Å². The molecule has 45 nitrogen and oxygen atoms in total. The Balaban J connectivity index is 0.000000136. The van der Waals surface area contributed by atoms with Gasteiger partial charge in [-0.3, -0.25) is 62.9 Å². The number of nitrogens with one attached hydrogen (secondary N) is 12. The Morgan fingerprint density at radius 2 is 0.655 bits per heavy atom. The van der Waals surface area contributed by atoms with Crippen LogP contribution in [0.5, 0.6) is 0 Å². The zero-order chi connectivity index (χ0) is 104. The van der Waals surface area contributed by atoms with Gasteiger partial charge in [-0.05, 0) is 217 Å². The average Bonchev–Trinajstić information content (AvgIpc) is 1.56. The van der Waals surface area contributed by atoms with Crippen LogP contribution in [0.15, 0.2) is 114 Å². The number of benzene rings is 1. The summed E-state index contributed by atoms with van der Waals surface area (Å²) in [7, 11) is 8.74. The lowest BCUT2D eigenvalue weighted by molar-refractivity contribution is -0.144. The Kier molecular flexibility index (Phi) is 35.2. The Bertz CT molecular complexity index is 5920. The molecule has 148 heavy (non-hydrogen) atoms. The molecule has 6 aromatic rings. The topological polar surface area (TPSA) is 562 Å². The third-order valence-corrected chi connectivity index (χ3v) is 34.4. The molecular formula is C98H135Br5N24O21. The third kappa shape index (κ3) is 20.7. The predicted octanol–water partition coefficient (Wildman–Crippen LogP) is 9.90. The molecule has 0 radical (unpaired) electrons. The summed E-state index contributed by atoms with van der Waals surface area (Å²) in [5, 5.41) is 44.6. The highest BCUT2D eigenvalue weighted by Crippen LogP contribution is 2.55. The van der Waals surface area contributed by atoms with Crippen molar-refractivity contribution in [2.45, 2.75) is 282 Å². The lowest BCUT2D eigenvalue weighted by Crippen LogP contribution is -2.57. The smallest absolute Gasteiger partial charge is 0.319 e. The van der Waals surface area contributed by atoms with Crippen LogP contribution in [0, 0.1) is 0 Å². The van der Waals surface area contributed by atoms with E-state index < -0.39 is 34.9 Å². The Morgan fingerprint density at radius 1 is 0.372 bits per heavy atom. The first kappa shape index (κ1) is 112. The van der Waals surface area contributed by atoms with Crippen molar-refractivity contribution in [3.63, 3.8) is 0 Å². The summed E-state index contributed by atoms with van der Waals surface area (Å²) < 4.78 is 55.7. The van der Waals surface area contributed by atoms with Crippen LogP contribution in [-0.4, -0.2) is 320 Å². The fourth-order valence-corrected chi connectivity index (χ4v) is 26.8. The van der Waals surface area contributed by atoms with Gasteiger partial charge in [0.25, 0.3) is 35.4 Å². The highest BCUT2D eigenvalue weighted by Gasteiger charge is 2.71. The zero-order valence-electron chi connectivity index (χ0n) is 84.3. The van der Waals surface area contributed by atoms with Crippen molar-refractivity contribution in [3.8, 4) is 0 Å². The van der Waals surface area contributed by atoms with Crippen molar-refractivity contribution in [2.24, 2.45) is 0 Å². The monoisotopic (exact) mass is 2380 g/mol. The number of hydrogen-bond acceptors (Lipinski definition) is 23. The number of unbranched alkanes of at least 4 members (excludes halogenated alkanes) is 6. The van der Waals surface area contributed by atoms with Gasteiger partial charge in [-0.1, -0.05) is 58.2 Å². The molecule has 16 aliphatic rings. The van der Waals surface area contributed by atoms with Gasteiger partial charge < -0.3 is 137 Å². The number of fused-ring (bicyclic) bond motifs is 25. The maximum Gasteiger partial charge on any atom is 0.319 e. The lowest BCUT2D eigenvalue weighted by Gasteiger charge is -2.35. The summed E-state index contributed by atoms with van der Waals surface area (Å²) in [6.45, 7) is 12.5. The maximum atomic E-state index is 12.6. The molecule has 808 valence electrons. The average molecular weight is 2380 g/mol. The van der Waals surface area contributed by atoms with E-state index in [0.29, 0.717) is 138 Å². The van der Waals surface area contributed by atoms with Crippen molar-refractivity contribution < 1.29 is 101 Å². The molecule has 0 bridgehead atoms. The third-order valence-electron chi connectivity index (χ3n) is 31.2. The first-order chi connectivity index (χ1) is 70.0. The van der Waals surface area contributed by atoms with E-state index >= 15 is 0 Å². The van der Waals surface area contributed by atoms with E-state index in [1.165, 1.54) is 6.92 Å². The molecule has 5 aliphatic carbocycles. The van der Waals surface area contributed by atoms with Crippen molar-refractivity contribution in [2.75, 3.05) is 94.6 Å². The van der Waals surface area contributed by atoms with Gasteiger partial charge >= 0.3 is 36.1 Å². The molecule has 6 saturated heterocycles. The predicted molar refractivity (Wildman–Crippen MR) is 556 cm³/mol. The molecule has 11 fully saturated rings. The lowest BCUT2D eigenvalue weighted by atomic mass is 10.0. The minimum absolute atomic E-state index is 0. The number of nitrogens with zero attached hydrogens (tertiary/aromatic N) is 10. The van der Waals surface area contributed by atoms with Crippen LogP contribution in [0.2, 0.25) is 0 Å². The van der Waals surface area contributed by atoms with Crippen molar-refractivity contribution >= 4 is 157 Å². The minimum atomic E-state index is -0.853. The molecule has 11 aliphatic heterocycles. The van der Waals surface area contributed by atoms with Crippen LogP contribution in [0.3, 0.4) is 0 Å². The maximum absolute atomic E-state index is 12.6. The number of esters is 1. The van der Waals surface area contributed by atoms with E-state index in [0.717, 1.165) is 107 Å². The molecule has 1 aromatic carbocycles. The summed E-state index contributed by atoms with van der Waals surface area (Å²) in [5.41, 5.74) is -0.251. The molecule has 50 heteroatoms. The largest absolute Gasteiger partial charge is 0.466 e. The summed E-state index contributed by atoms with van der Waals surface area (Å²) in [6.07, 6.45) is 15.0. The molecule has 0 spiro atoms. The summed E-state index contributed by atoms with van der Waals surface area (Å²) in [6, 6.07) is 23.8. The number of hydrogen-bond donors (Lipinski definition) is 15. The normalized spacial score (nSPS) is 30.2. The number of carbonyl (C=O) groups is 13. The molecule has 22 rings (SSSR count). The molecule has 5 saturated carbocycles. The van der Waals surface area contributed by atoms with E-state index in [9.17, 15) is 62.3 Å². The van der Waals surface area contributed by atoms with Crippen LogP contribution in [0.1, 0.15) is 249 Å². The van der Waals surface area contributed by atoms with E-state index in [4.69, 9.17) is 38.3 Å². The summed E-state index contributed by atoms with van der Waals surface area (Å²) >= 11 is 17.7. The van der Waals surface area contributed by atoms with E-state index in [1.807, 2.05) is 90.4 Å². The van der Waals surface area contributed by atoms with Gasteiger partial charge in [0, 0.05) is 145 Å². The molecule has 1 unspecified atom stereocenters. The number of likely N-dealkylation sites (N-methyl/N-ethyl adjacent to an activating group) is 5. The number of aliphatic hydroxyl groups excluding tert-OH is 1. The first-order valence-corrected chi connectivity index (χ1v) is 54.3. The molecule has 5 aromatic heterocycles. The Labute approximate surface area is 899 Å². The standard InChI is InChI=1S/C23H26BrN5O4.C20H27BrN4O5.C18H24BrN5O4.C17H23BrN4O3.C16H21BrN4O3.C4H8O2.2H3N/c1-28-22(32)27-19-18-16(29-15(21(31)26-18)9-10-17(29)24)13-23(19,28)33-12-6-5-11-25-20(30)14-7-3-2-4-8-14;1-3-9-29-15(26)6-4-5-10-30-20-11-13-16(17(20)23-19(28)24(20)2)22-18(27)12-7-8-14(21)25(12)13;1-10(25)20-7-3-4-8-28-18-9-12-14(15(18)22-17(27)23(18)2)21-16(26)11-5-6-13(19)24(11)12;1-3-4-5-8-25-17-9-11-13(14(17)20-16(24)21(17)2)19-15(23)10-6-7-12(18)22(10)11;1-3-4-7-24-16-8-10-12(13(16)19-15(23)20(16)2)18-14(22)9-5-6-11(17)21(9)10;5-4-2-1-3-6-4;;/h2-4,7-10,16,18-19H,5-6,11-13H2,1H3,(H,25,30)(H,26,31)(H,27,32);7-8,13,16-17H,3-6,9-11H2,1-2H3,(H,22,27)(H,23,28);5-6,12,14-15H,3-4,7-9H2,1-2H3,(H,20,25)(H,21,26)(H,22,27);6-7,11,13-14H,3-5,8-9H2,1-2H3,(H,19,23)(H,20,24);5-6,10,12-13H,3-4,7-8H2,1-2H3,(H,18,22)(H,19,23);4-5H,1-3H2;2*1H3/t16-,18-,19+,23+;13-,16-,17+,20+;12-,14-,15+,18+;11-,13-,14+,17+;10-,12-,13+,16+;;;/m11111.../s1. The van der Waals surface area contributed by atoms with Crippen molar-refractivity contribution in [3.05, 3.63) is 148 Å². The second kappa shape index (κ2) is 46.5. The first-order valence-electron chi connectivity index (χ1n) is 50.4. The van der Waals surface area contributed by atoms with E-state index in [-0.39, 0.29) is 180 Å². The molecular weight excluding hydrogens is 2250 g/mol. The van der Waals surface area contributed by atoms with Crippen molar-refractivity contribution in [1.82, 2.24) is 123 Å². The van der Waals surface area contributed by atoms with Gasteiger partial charge in [0.1, 0.15) is 58.7 Å². The van der Waals surface area contributed by atoms with Crippen molar-refractivity contribution in [1.29, 1.82) is 0 Å². The second-order valence-corrected chi connectivity index (χ2v) is 43.6. The highest BCUT2D eigenvalue weighted by molar-refractivity contribution is 9.11. The van der Waals surface area contributed by atoms with Gasteiger partial charge in [-0.15, -0.1) is 0 Å². The molecule has 21 atom stereocenters. The molecule has 16 heterocycles. The van der Waals surface area contributed by atoms with Crippen LogP contribution < -0.4 is 76.1 Å².